The van der Waals surface area contributed by atoms with Crippen molar-refractivity contribution in [2.75, 3.05) is 0 Å². The Morgan fingerprint density at radius 1 is 1.33 bits per heavy atom. The molecular formula is CH2S5. The summed E-state index contributed by atoms with van der Waals surface area (Å²) in [5.74, 6) is 0. The SMILES string of the molecule is S=C(SS)SS. The van der Waals surface area contributed by atoms with Gasteiger partial charge in [0.2, 0.25) is 0 Å². The average Bonchev–Trinajstić information content (AvgIpc) is 1.65. The Morgan fingerprint density at radius 3 is 1.67 bits per heavy atom. The first kappa shape index (κ1) is 7.49. The largest absolute Gasteiger partial charge is 0.124 e. The summed E-state index contributed by atoms with van der Waals surface area (Å²) in [5.41, 5.74) is 0. The second-order valence-corrected chi connectivity index (χ2v) is 3.89. The van der Waals surface area contributed by atoms with E-state index >= 15 is 0 Å². The molecule has 0 amide bonds. The van der Waals surface area contributed by atoms with Gasteiger partial charge in [0.1, 0.15) is 3.53 Å². The van der Waals surface area contributed by atoms with Crippen molar-refractivity contribution in [3.05, 3.63) is 0 Å². The van der Waals surface area contributed by atoms with E-state index in [2.05, 4.69) is 35.5 Å². The van der Waals surface area contributed by atoms with E-state index in [-0.39, 0.29) is 0 Å². The van der Waals surface area contributed by atoms with Crippen molar-refractivity contribution in [3.8, 4) is 0 Å². The fourth-order valence-electron chi connectivity index (χ4n) is 0.0167. The van der Waals surface area contributed by atoms with Crippen LogP contribution in [0.1, 0.15) is 0 Å². The highest BCUT2D eigenvalue weighted by Gasteiger charge is 1.85. The monoisotopic (exact) mass is 174 g/mol. The molecule has 0 aliphatic heterocycles. The molecule has 0 saturated carbocycles. The summed E-state index contributed by atoms with van der Waals surface area (Å²) in [5, 5.41) is 0. The fourth-order valence-corrected chi connectivity index (χ4v) is 1.35. The van der Waals surface area contributed by atoms with E-state index in [4.69, 9.17) is 0 Å². The van der Waals surface area contributed by atoms with Crippen molar-refractivity contribution >= 4 is 60.7 Å². The van der Waals surface area contributed by atoms with Crippen molar-refractivity contribution in [1.29, 1.82) is 0 Å². The van der Waals surface area contributed by atoms with Crippen LogP contribution in [-0.2, 0) is 0 Å². The summed E-state index contributed by atoms with van der Waals surface area (Å²) in [4.78, 5) is 0. The molecular weight excluding hydrogens is 172 g/mol. The number of thiol groups is 2. The van der Waals surface area contributed by atoms with Crippen molar-refractivity contribution in [2.24, 2.45) is 0 Å². The third-order valence-electron chi connectivity index (χ3n) is 0.149. The van der Waals surface area contributed by atoms with Crippen molar-refractivity contribution in [2.45, 2.75) is 0 Å². The first-order valence-electron chi connectivity index (χ1n) is 0.978. The van der Waals surface area contributed by atoms with Gasteiger partial charge in [0.05, 0.1) is 0 Å². The molecule has 0 aromatic carbocycles. The molecule has 0 unspecified atom stereocenters. The molecule has 0 aliphatic carbocycles. The molecule has 0 bridgehead atoms. The molecule has 0 N–H and O–H groups in total. The maximum absolute atomic E-state index is 4.63. The van der Waals surface area contributed by atoms with Crippen LogP contribution in [0.15, 0.2) is 0 Å². The fraction of sp³-hybridized carbons (Fsp3) is 0. The van der Waals surface area contributed by atoms with Gasteiger partial charge in [0.15, 0.2) is 0 Å². The zero-order valence-electron chi connectivity index (χ0n) is 2.62. The number of hydrogen-bond donors (Lipinski definition) is 2. The van der Waals surface area contributed by atoms with E-state index in [1.165, 1.54) is 21.6 Å². The van der Waals surface area contributed by atoms with Gasteiger partial charge in [-0.05, 0) is 21.6 Å². The normalized spacial score (nSPS) is 8.33. The molecule has 0 nitrogen and oxygen atoms in total. The van der Waals surface area contributed by atoms with E-state index in [1.54, 1.807) is 0 Å². The van der Waals surface area contributed by atoms with Gasteiger partial charge in [-0.25, -0.2) is 0 Å². The zero-order chi connectivity index (χ0) is 4.99. The van der Waals surface area contributed by atoms with Gasteiger partial charge in [-0.15, -0.1) is 23.3 Å². The van der Waals surface area contributed by atoms with Crippen LogP contribution in [0, 0.1) is 0 Å². The Labute approximate surface area is 60.5 Å². The molecule has 0 aromatic rings. The Hall–Kier alpha value is 1.49. The summed E-state index contributed by atoms with van der Waals surface area (Å²) in [6, 6.07) is 0. The van der Waals surface area contributed by atoms with Gasteiger partial charge in [0.25, 0.3) is 0 Å². The molecule has 0 saturated heterocycles. The first-order valence-corrected chi connectivity index (χ1v) is 5.12. The smallest absolute Gasteiger partial charge is 0.105 e. The lowest BCUT2D eigenvalue weighted by atomic mass is 11.9. The van der Waals surface area contributed by atoms with Gasteiger partial charge in [-0.2, -0.15) is 0 Å². The summed E-state index contributed by atoms with van der Waals surface area (Å²) < 4.78 is 0.738. The summed E-state index contributed by atoms with van der Waals surface area (Å²) in [7, 11) is 2.47. The predicted octanol–water partition coefficient (Wildman–Crippen LogP) is 2.43. The standard InChI is InChI=1S/CH2S5/c2-1(5-3)6-4/h3-4H. The molecule has 0 spiro atoms. The highest BCUT2D eigenvalue weighted by atomic mass is 33.1. The molecule has 0 radical (unpaired) electrons. The first-order chi connectivity index (χ1) is 2.81. The highest BCUT2D eigenvalue weighted by Crippen LogP contribution is 2.21. The van der Waals surface area contributed by atoms with Crippen LogP contribution in [-0.4, -0.2) is 3.53 Å². The van der Waals surface area contributed by atoms with Crippen molar-refractivity contribution in [1.82, 2.24) is 0 Å². The molecule has 5 heteroatoms. The molecule has 0 heterocycles. The van der Waals surface area contributed by atoms with E-state index in [1.807, 2.05) is 0 Å². The molecule has 0 rings (SSSR count). The Balaban J connectivity index is 2.99. The predicted molar refractivity (Wildman–Crippen MR) is 45.8 cm³/mol. The molecule has 0 atom stereocenters. The third-order valence-corrected chi connectivity index (χ3v) is 4.02. The molecule has 0 aliphatic rings. The Kier molecular flexibility index (Phi) is 5.80. The number of hydrogen-bond acceptors (Lipinski definition) is 5. The van der Waals surface area contributed by atoms with Crippen LogP contribution >= 0.6 is 57.1 Å². The van der Waals surface area contributed by atoms with Gasteiger partial charge < -0.3 is 0 Å². The number of rotatable bonds is 0. The van der Waals surface area contributed by atoms with Crippen molar-refractivity contribution < 1.29 is 0 Å². The van der Waals surface area contributed by atoms with Crippen LogP contribution in [0.2, 0.25) is 0 Å². The van der Waals surface area contributed by atoms with E-state index < -0.39 is 0 Å². The lowest BCUT2D eigenvalue weighted by molar-refractivity contribution is 4.21. The summed E-state index contributed by atoms with van der Waals surface area (Å²) in [6.45, 7) is 0. The van der Waals surface area contributed by atoms with E-state index in [0.29, 0.717) is 0 Å². The number of thiocarbonyl (C=S) groups is 1. The minimum absolute atomic E-state index is 0.738. The average molecular weight is 174 g/mol. The third kappa shape index (κ3) is 3.67. The Morgan fingerprint density at radius 2 is 1.67 bits per heavy atom. The van der Waals surface area contributed by atoms with Gasteiger partial charge >= 0.3 is 0 Å². The molecule has 0 aromatic heterocycles. The molecule has 6 heavy (non-hydrogen) atoms. The van der Waals surface area contributed by atoms with Crippen molar-refractivity contribution in [3.63, 3.8) is 0 Å². The second kappa shape index (κ2) is 4.64. The molecule has 36 valence electrons. The maximum Gasteiger partial charge on any atom is 0.124 e. The van der Waals surface area contributed by atoms with Crippen LogP contribution in [0.4, 0.5) is 0 Å². The van der Waals surface area contributed by atoms with Crippen LogP contribution in [0.3, 0.4) is 0 Å². The van der Waals surface area contributed by atoms with Gasteiger partial charge in [-0.1, -0.05) is 12.2 Å². The van der Waals surface area contributed by atoms with E-state index in [9.17, 15) is 0 Å². The van der Waals surface area contributed by atoms with Crippen LogP contribution in [0.25, 0.3) is 0 Å². The van der Waals surface area contributed by atoms with Gasteiger partial charge in [-0.3, -0.25) is 0 Å². The quantitative estimate of drug-likeness (QED) is 0.329. The minimum atomic E-state index is 0.738. The second-order valence-electron chi connectivity index (χ2n) is 0.433. The van der Waals surface area contributed by atoms with E-state index in [0.717, 1.165) is 3.53 Å². The topological polar surface area (TPSA) is 0 Å². The minimum Gasteiger partial charge on any atom is -0.105 e. The highest BCUT2D eigenvalue weighted by molar-refractivity contribution is 8.92. The molecule has 0 fully saturated rings. The summed E-state index contributed by atoms with van der Waals surface area (Å²) >= 11 is 12.2. The lowest BCUT2D eigenvalue weighted by Gasteiger charge is -1.82. The van der Waals surface area contributed by atoms with Crippen LogP contribution in [0.5, 0.6) is 0 Å². The maximum atomic E-state index is 4.63. The summed E-state index contributed by atoms with van der Waals surface area (Å²) in [6.07, 6.45) is 0. The lowest BCUT2D eigenvalue weighted by Crippen LogP contribution is -1.60. The van der Waals surface area contributed by atoms with Gasteiger partial charge in [0, 0.05) is 0 Å². The van der Waals surface area contributed by atoms with Crippen LogP contribution < -0.4 is 0 Å². The zero-order valence-corrected chi connectivity index (χ0v) is 6.86. The Bertz CT molecular complexity index is 41.9.